The van der Waals surface area contributed by atoms with Crippen LogP contribution >= 0.6 is 0 Å². The first kappa shape index (κ1) is 36.8. The van der Waals surface area contributed by atoms with E-state index in [4.69, 9.17) is 48.8 Å². The molecule has 0 radical (unpaired) electrons. The predicted octanol–water partition coefficient (Wildman–Crippen LogP) is -4.69. The van der Waals surface area contributed by atoms with Crippen LogP contribution in [0.5, 0.6) is 28.7 Å². The van der Waals surface area contributed by atoms with Crippen LogP contribution in [-0.2, 0) is 28.7 Å². The number of aliphatic hydroxyl groups excluding tert-OH is 8. The first-order valence-electron chi connectivity index (χ1n) is 12.0. The number of aliphatic hydroxyl groups is 8. The predicted molar refractivity (Wildman–Crippen MR) is 134 cm³/mol. The molecule has 0 aliphatic heterocycles. The van der Waals surface area contributed by atoms with Gasteiger partial charge in [0.25, 0.3) is 0 Å². The molecule has 19 heteroatoms. The van der Waals surface area contributed by atoms with Gasteiger partial charge in [-0.2, -0.15) is 0 Å². The number of hydrogen-bond donors (Lipinski definition) is 8. The number of carbonyl (C=O) groups excluding carboxylic acids is 5. The van der Waals surface area contributed by atoms with E-state index in [0.717, 1.165) is 7.11 Å². The molecule has 240 valence electrons. The quantitative estimate of drug-likeness (QED) is 0.0488. The molecule has 0 saturated carbocycles. The molecule has 0 amide bonds. The lowest BCUT2D eigenvalue weighted by molar-refractivity contribution is -0.149. The van der Waals surface area contributed by atoms with E-state index in [9.17, 15) is 44.4 Å². The molecule has 0 saturated heterocycles. The van der Waals surface area contributed by atoms with Gasteiger partial charge in [0.2, 0.25) is 17.2 Å². The Kier molecular flexibility index (Phi) is 15.1. The maximum Gasteiger partial charge on any atom is 0.343 e. The lowest BCUT2D eigenvalue weighted by Gasteiger charge is -2.23. The van der Waals surface area contributed by atoms with Gasteiger partial charge in [-0.05, 0) is 13.0 Å². The van der Waals surface area contributed by atoms with E-state index in [1.807, 2.05) is 0 Å². The van der Waals surface area contributed by atoms with Gasteiger partial charge in [-0.1, -0.05) is 0 Å². The van der Waals surface area contributed by atoms with Crippen molar-refractivity contribution in [2.24, 2.45) is 0 Å². The summed E-state index contributed by atoms with van der Waals surface area (Å²) in [5, 5.41) is 75.7. The summed E-state index contributed by atoms with van der Waals surface area (Å²) < 4.78 is 29.9. The van der Waals surface area contributed by atoms with Gasteiger partial charge in [0.15, 0.2) is 35.9 Å². The van der Waals surface area contributed by atoms with Crippen molar-refractivity contribution in [3.8, 4) is 28.7 Å². The average molecular weight is 622 g/mol. The van der Waals surface area contributed by atoms with Crippen LogP contribution in [0, 0.1) is 0 Å². The molecule has 0 bridgehead atoms. The molecule has 1 aromatic carbocycles. The Labute approximate surface area is 241 Å². The molecule has 0 fully saturated rings. The van der Waals surface area contributed by atoms with Crippen LogP contribution in [0.3, 0.4) is 0 Å². The van der Waals surface area contributed by atoms with Crippen LogP contribution in [0.1, 0.15) is 12.5 Å². The fourth-order valence-corrected chi connectivity index (χ4v) is 2.70. The second-order valence-corrected chi connectivity index (χ2v) is 7.83. The van der Waals surface area contributed by atoms with Crippen molar-refractivity contribution in [1.82, 2.24) is 0 Å². The van der Waals surface area contributed by atoms with Gasteiger partial charge in [-0.3, -0.25) is 0 Å². The normalized spacial score (nSPS) is 13.8. The fourth-order valence-electron chi connectivity index (χ4n) is 2.70. The van der Waals surface area contributed by atoms with E-state index in [-0.39, 0.29) is 6.61 Å². The second-order valence-electron chi connectivity index (χ2n) is 7.83. The zero-order valence-corrected chi connectivity index (χ0v) is 22.6. The minimum atomic E-state index is -2.25. The zero-order valence-electron chi connectivity index (χ0n) is 22.6. The van der Waals surface area contributed by atoms with Gasteiger partial charge in [-0.25, -0.2) is 24.0 Å². The molecule has 0 spiro atoms. The van der Waals surface area contributed by atoms with E-state index in [1.54, 1.807) is 0 Å². The number of carbonyl (C=O) groups is 5. The third-order valence-corrected chi connectivity index (χ3v) is 4.78. The van der Waals surface area contributed by atoms with Crippen LogP contribution < -0.4 is 23.7 Å². The van der Waals surface area contributed by atoms with Gasteiger partial charge in [-0.15, -0.1) is 0 Å². The molecule has 43 heavy (non-hydrogen) atoms. The zero-order chi connectivity index (χ0) is 32.9. The molecule has 4 unspecified atom stereocenters. The molecule has 1 aromatic rings. The van der Waals surface area contributed by atoms with E-state index >= 15 is 0 Å². The molecular weight excluding hydrogens is 592 g/mol. The monoisotopic (exact) mass is 622 g/mol. The van der Waals surface area contributed by atoms with Crippen LogP contribution in [0.15, 0.2) is 6.08 Å². The summed E-state index contributed by atoms with van der Waals surface area (Å²) in [7, 11) is 0.825. The molecule has 1 rings (SSSR count). The number of hydrogen-bond acceptors (Lipinski definition) is 19. The number of methoxy groups -OCH3 is 1. The summed E-state index contributed by atoms with van der Waals surface area (Å²) in [5.74, 6) is -13.1. The Morgan fingerprint density at radius 1 is 0.605 bits per heavy atom. The molecule has 8 N–H and O–H groups in total. The SMILES string of the molecule is CCOC(=O)C=Cc1c(OC(=O)C(O)CO)c(OC(=O)C(O)CO)c(OC)c(OC(=O)C(O)CO)c1OC(=O)C(O)CO. The summed E-state index contributed by atoms with van der Waals surface area (Å²) in [6.45, 7) is -3.53. The smallest absolute Gasteiger partial charge is 0.343 e. The maximum atomic E-state index is 12.5. The van der Waals surface area contributed by atoms with Crippen molar-refractivity contribution >= 4 is 35.9 Å². The van der Waals surface area contributed by atoms with Crippen molar-refractivity contribution in [3.63, 3.8) is 0 Å². The highest BCUT2D eigenvalue weighted by atomic mass is 16.6. The van der Waals surface area contributed by atoms with Crippen molar-refractivity contribution in [2.45, 2.75) is 31.3 Å². The fraction of sp³-hybridized carbons (Fsp3) is 0.458. The minimum absolute atomic E-state index is 0.148. The van der Waals surface area contributed by atoms with Gasteiger partial charge >= 0.3 is 29.8 Å². The maximum absolute atomic E-state index is 12.5. The number of rotatable bonds is 16. The molecule has 19 nitrogen and oxygen atoms in total. The Morgan fingerprint density at radius 2 is 0.930 bits per heavy atom. The molecule has 4 atom stereocenters. The van der Waals surface area contributed by atoms with E-state index in [2.05, 4.69) is 0 Å². The first-order chi connectivity index (χ1) is 20.3. The first-order valence-corrected chi connectivity index (χ1v) is 12.0. The summed E-state index contributed by atoms with van der Waals surface area (Å²) in [6, 6.07) is 0. The van der Waals surface area contributed by atoms with Gasteiger partial charge in [0.1, 0.15) is 0 Å². The van der Waals surface area contributed by atoms with Crippen LogP contribution in [0.4, 0.5) is 0 Å². The Balaban J connectivity index is 4.37. The second kappa shape index (κ2) is 17.7. The highest BCUT2D eigenvalue weighted by Crippen LogP contribution is 2.55. The Bertz CT molecular complexity index is 1120. The minimum Gasteiger partial charge on any atom is -0.490 e. The lowest BCUT2D eigenvalue weighted by atomic mass is 10.1. The van der Waals surface area contributed by atoms with E-state index in [0.29, 0.717) is 12.2 Å². The van der Waals surface area contributed by atoms with Gasteiger partial charge in [0.05, 0.1) is 45.7 Å². The summed E-state index contributed by atoms with van der Waals surface area (Å²) in [4.78, 5) is 62.0. The van der Waals surface area contributed by atoms with E-state index in [1.165, 1.54) is 6.92 Å². The van der Waals surface area contributed by atoms with Crippen molar-refractivity contribution < 1.29 is 93.2 Å². The largest absolute Gasteiger partial charge is 0.490 e. The van der Waals surface area contributed by atoms with Crippen LogP contribution in [0.25, 0.3) is 6.08 Å². The number of ether oxygens (including phenoxy) is 6. The van der Waals surface area contributed by atoms with Crippen molar-refractivity contribution in [2.75, 3.05) is 40.1 Å². The van der Waals surface area contributed by atoms with Crippen molar-refractivity contribution in [1.29, 1.82) is 0 Å². The highest BCUT2D eigenvalue weighted by molar-refractivity contribution is 5.94. The average Bonchev–Trinajstić information content (AvgIpc) is 3.00. The molecule has 0 aliphatic rings. The Hall–Kier alpha value is -4.21. The molecular formula is C24H30O19. The third kappa shape index (κ3) is 9.94. The van der Waals surface area contributed by atoms with Crippen LogP contribution in [0.2, 0.25) is 0 Å². The summed E-state index contributed by atoms with van der Waals surface area (Å²) >= 11 is 0. The van der Waals surface area contributed by atoms with E-state index < -0.39 is 115 Å². The Morgan fingerprint density at radius 3 is 1.21 bits per heavy atom. The lowest BCUT2D eigenvalue weighted by Crippen LogP contribution is -2.32. The van der Waals surface area contributed by atoms with Crippen LogP contribution in [-0.4, -0.2) is 135 Å². The topological polar surface area (TPSA) is 303 Å². The van der Waals surface area contributed by atoms with Gasteiger partial charge < -0.3 is 69.3 Å². The van der Waals surface area contributed by atoms with Gasteiger partial charge in [0, 0.05) is 6.08 Å². The standard InChI is InChI=1S/C24H30O19/c1-3-39-15(33)5-4-10-16(40-21(34)11(29)6-25)19(42-23(36)13(31)8-27)18(38-2)20(43-24(37)14(32)9-28)17(10)41-22(35)12(30)7-26/h4-5,11-14,25-32H,3,6-9H2,1-2H3. The third-order valence-electron chi connectivity index (χ3n) is 4.78. The highest BCUT2D eigenvalue weighted by Gasteiger charge is 2.37. The molecule has 0 heterocycles. The summed E-state index contributed by atoms with van der Waals surface area (Å²) in [5.41, 5.74) is -0.853. The van der Waals surface area contributed by atoms with Crippen molar-refractivity contribution in [3.05, 3.63) is 11.6 Å². The number of benzene rings is 1. The molecule has 0 aliphatic carbocycles. The summed E-state index contributed by atoms with van der Waals surface area (Å²) in [6.07, 6.45) is -7.70. The molecule has 0 aromatic heterocycles. The number of esters is 5.